The maximum atomic E-state index is 4.71. The van der Waals surface area contributed by atoms with Gasteiger partial charge in [-0.3, -0.25) is 0 Å². The van der Waals surface area contributed by atoms with Gasteiger partial charge in [-0.1, -0.05) is 51.9 Å². The van der Waals surface area contributed by atoms with E-state index < -0.39 is 0 Å². The van der Waals surface area contributed by atoms with Gasteiger partial charge in [0.1, 0.15) is 0 Å². The van der Waals surface area contributed by atoms with Gasteiger partial charge in [-0.2, -0.15) is 0 Å². The minimum atomic E-state index is 1.11. The van der Waals surface area contributed by atoms with Gasteiger partial charge in [0.15, 0.2) is 6.26 Å². The van der Waals surface area contributed by atoms with Gasteiger partial charge in [0.05, 0.1) is 7.11 Å². The molecular formula is C13H25O. The average Bonchev–Trinajstić information content (AvgIpc) is 2.21. The molecule has 1 heteroatoms. The van der Waals surface area contributed by atoms with Crippen LogP contribution in [0.5, 0.6) is 0 Å². The molecule has 0 spiro atoms. The molecule has 0 bridgehead atoms. The largest absolute Gasteiger partial charge is 0.493 e. The topological polar surface area (TPSA) is 9.23 Å². The van der Waals surface area contributed by atoms with Crippen LogP contribution in [-0.2, 0) is 4.74 Å². The molecule has 0 aromatic rings. The van der Waals surface area contributed by atoms with Crippen LogP contribution in [0.15, 0.2) is 6.08 Å². The third kappa shape index (κ3) is 11.5. The van der Waals surface area contributed by atoms with E-state index in [-0.39, 0.29) is 0 Å². The van der Waals surface area contributed by atoms with E-state index in [9.17, 15) is 0 Å². The summed E-state index contributed by atoms with van der Waals surface area (Å²) in [5, 5.41) is 0. The molecule has 0 rings (SSSR count). The van der Waals surface area contributed by atoms with Crippen LogP contribution < -0.4 is 0 Å². The van der Waals surface area contributed by atoms with Gasteiger partial charge < -0.3 is 4.74 Å². The highest BCUT2D eigenvalue weighted by atomic mass is 16.5. The number of methoxy groups -OCH3 is 1. The van der Waals surface area contributed by atoms with Crippen LogP contribution in [0.25, 0.3) is 0 Å². The second-order valence-corrected chi connectivity index (χ2v) is 3.79. The normalized spacial score (nSPS) is 11.0. The van der Waals surface area contributed by atoms with Gasteiger partial charge >= 0.3 is 0 Å². The van der Waals surface area contributed by atoms with E-state index in [4.69, 9.17) is 4.74 Å². The fourth-order valence-corrected chi connectivity index (χ4v) is 1.52. The second-order valence-electron chi connectivity index (χ2n) is 3.79. The molecule has 0 N–H and O–H groups in total. The van der Waals surface area contributed by atoms with Crippen molar-refractivity contribution in [3.63, 3.8) is 0 Å². The molecule has 1 nitrogen and oxygen atoms in total. The van der Waals surface area contributed by atoms with Crippen LogP contribution in [0.4, 0.5) is 0 Å². The molecule has 0 saturated carbocycles. The SMILES string of the molecule is CCCCCCCCCCC=[C]OC. The zero-order chi connectivity index (χ0) is 10.5. The summed E-state index contributed by atoms with van der Waals surface area (Å²) in [5.74, 6) is 0. The second kappa shape index (κ2) is 12.5. The first-order valence-electron chi connectivity index (χ1n) is 6.02. The Kier molecular flexibility index (Phi) is 12.1. The fourth-order valence-electron chi connectivity index (χ4n) is 1.52. The number of rotatable bonds is 10. The first-order chi connectivity index (χ1) is 6.91. The predicted octanol–water partition coefficient (Wildman–Crippen LogP) is 4.48. The third-order valence-electron chi connectivity index (χ3n) is 2.40. The van der Waals surface area contributed by atoms with E-state index in [1.807, 2.05) is 6.08 Å². The van der Waals surface area contributed by atoms with Crippen molar-refractivity contribution in [2.45, 2.75) is 64.7 Å². The summed E-state index contributed by atoms with van der Waals surface area (Å²) in [6.45, 7) is 2.26. The molecular weight excluding hydrogens is 172 g/mol. The number of allylic oxidation sites excluding steroid dienone is 1. The standard InChI is InChI=1S/C13H25O/c1-3-4-5-6-7-8-9-10-11-12-13-14-2/h12H,3-11H2,1-2H3. The quantitative estimate of drug-likeness (QED) is 0.370. The molecule has 14 heavy (non-hydrogen) atoms. The summed E-state index contributed by atoms with van der Waals surface area (Å²) in [5.41, 5.74) is 0. The summed E-state index contributed by atoms with van der Waals surface area (Å²) in [6.07, 6.45) is 16.9. The zero-order valence-corrected chi connectivity index (χ0v) is 9.85. The smallest absolute Gasteiger partial charge is 0.156 e. The van der Waals surface area contributed by atoms with Crippen LogP contribution in [0.3, 0.4) is 0 Å². The highest BCUT2D eigenvalue weighted by Crippen LogP contribution is 2.09. The Morgan fingerprint density at radius 1 is 0.929 bits per heavy atom. The van der Waals surface area contributed by atoms with E-state index in [1.54, 1.807) is 7.11 Å². The van der Waals surface area contributed by atoms with E-state index >= 15 is 0 Å². The van der Waals surface area contributed by atoms with Crippen molar-refractivity contribution in [2.75, 3.05) is 7.11 Å². The molecule has 0 atom stereocenters. The lowest BCUT2D eigenvalue weighted by molar-refractivity contribution is 0.311. The highest BCUT2D eigenvalue weighted by Gasteiger charge is 1.90. The Morgan fingerprint density at radius 2 is 1.50 bits per heavy atom. The third-order valence-corrected chi connectivity index (χ3v) is 2.40. The lowest BCUT2D eigenvalue weighted by Crippen LogP contribution is -1.80. The fraction of sp³-hybridized carbons (Fsp3) is 0.846. The Bertz CT molecular complexity index is 118. The first-order valence-corrected chi connectivity index (χ1v) is 6.02. The number of hydrogen-bond acceptors (Lipinski definition) is 1. The molecule has 0 saturated heterocycles. The van der Waals surface area contributed by atoms with Gasteiger partial charge in [-0.05, 0) is 18.9 Å². The van der Waals surface area contributed by atoms with Crippen LogP contribution in [-0.4, -0.2) is 7.11 Å². The Labute approximate surface area is 89.5 Å². The zero-order valence-electron chi connectivity index (χ0n) is 9.85. The molecule has 0 aliphatic rings. The van der Waals surface area contributed by atoms with Crippen molar-refractivity contribution >= 4 is 0 Å². The van der Waals surface area contributed by atoms with Crippen LogP contribution in [0, 0.1) is 6.26 Å². The summed E-state index contributed by atoms with van der Waals surface area (Å²) < 4.78 is 4.71. The molecule has 0 aromatic heterocycles. The van der Waals surface area contributed by atoms with E-state index in [2.05, 4.69) is 13.2 Å². The van der Waals surface area contributed by atoms with Crippen molar-refractivity contribution in [2.24, 2.45) is 0 Å². The van der Waals surface area contributed by atoms with Gasteiger partial charge in [-0.15, -0.1) is 0 Å². The molecule has 0 fully saturated rings. The monoisotopic (exact) mass is 197 g/mol. The average molecular weight is 197 g/mol. The van der Waals surface area contributed by atoms with E-state index in [0.29, 0.717) is 0 Å². The van der Waals surface area contributed by atoms with E-state index in [0.717, 1.165) is 6.42 Å². The van der Waals surface area contributed by atoms with Gasteiger partial charge in [0, 0.05) is 0 Å². The first kappa shape index (κ1) is 13.5. The van der Waals surface area contributed by atoms with Crippen molar-refractivity contribution < 1.29 is 4.74 Å². The minimum Gasteiger partial charge on any atom is -0.493 e. The van der Waals surface area contributed by atoms with Gasteiger partial charge in [-0.25, -0.2) is 0 Å². The predicted molar refractivity (Wildman–Crippen MR) is 62.0 cm³/mol. The Morgan fingerprint density at radius 3 is 2.07 bits per heavy atom. The molecule has 0 amide bonds. The molecule has 0 aliphatic heterocycles. The van der Waals surface area contributed by atoms with E-state index in [1.165, 1.54) is 51.4 Å². The molecule has 83 valence electrons. The maximum Gasteiger partial charge on any atom is 0.156 e. The highest BCUT2D eigenvalue weighted by molar-refractivity contribution is 4.66. The molecule has 0 unspecified atom stereocenters. The number of unbranched alkanes of at least 4 members (excludes halogenated alkanes) is 8. The molecule has 0 aromatic carbocycles. The molecule has 0 heterocycles. The summed E-state index contributed by atoms with van der Waals surface area (Å²) >= 11 is 0. The molecule has 0 aliphatic carbocycles. The van der Waals surface area contributed by atoms with Crippen LogP contribution in [0.1, 0.15) is 64.7 Å². The minimum absolute atomic E-state index is 1.11. The summed E-state index contributed by atoms with van der Waals surface area (Å²) in [6, 6.07) is 0. The van der Waals surface area contributed by atoms with Crippen molar-refractivity contribution in [1.82, 2.24) is 0 Å². The van der Waals surface area contributed by atoms with Gasteiger partial charge in [0.2, 0.25) is 0 Å². The lowest BCUT2D eigenvalue weighted by atomic mass is 10.1. The van der Waals surface area contributed by atoms with Crippen molar-refractivity contribution in [1.29, 1.82) is 0 Å². The number of ether oxygens (including phenoxy) is 1. The van der Waals surface area contributed by atoms with Crippen LogP contribution in [0.2, 0.25) is 0 Å². The summed E-state index contributed by atoms with van der Waals surface area (Å²) in [4.78, 5) is 0. The lowest BCUT2D eigenvalue weighted by Gasteiger charge is -1.99. The van der Waals surface area contributed by atoms with Gasteiger partial charge in [0.25, 0.3) is 0 Å². The number of hydrogen-bond donors (Lipinski definition) is 0. The van der Waals surface area contributed by atoms with Crippen molar-refractivity contribution in [3.8, 4) is 0 Å². The van der Waals surface area contributed by atoms with Crippen LogP contribution >= 0.6 is 0 Å². The maximum absolute atomic E-state index is 4.71. The Balaban J connectivity index is 2.88. The summed E-state index contributed by atoms with van der Waals surface area (Å²) in [7, 11) is 1.64. The van der Waals surface area contributed by atoms with Crippen molar-refractivity contribution in [3.05, 3.63) is 12.3 Å². The Hall–Kier alpha value is -0.460. The molecule has 1 radical (unpaired) electrons.